The Morgan fingerprint density at radius 1 is 1.06 bits per heavy atom. The molecule has 0 radical (unpaired) electrons. The van der Waals surface area contributed by atoms with Crippen molar-refractivity contribution in [3.05, 3.63) is 35.9 Å². The summed E-state index contributed by atoms with van der Waals surface area (Å²) in [6, 6.07) is 10.4. The molecule has 1 saturated carbocycles. The lowest BCUT2D eigenvalue weighted by Crippen LogP contribution is -2.40. The van der Waals surface area contributed by atoms with E-state index < -0.39 is 0 Å². The maximum Gasteiger partial charge on any atom is 0.0659 e. The Morgan fingerprint density at radius 3 is 2.24 bits per heavy atom. The van der Waals surface area contributed by atoms with Crippen molar-refractivity contribution in [3.8, 4) is 0 Å². The molecule has 0 bridgehead atoms. The number of benzene rings is 1. The van der Waals surface area contributed by atoms with Gasteiger partial charge in [0.2, 0.25) is 0 Å². The van der Waals surface area contributed by atoms with Crippen molar-refractivity contribution in [3.63, 3.8) is 0 Å². The average Bonchev–Trinajstić information content (AvgIpc) is 2.40. The highest BCUT2D eigenvalue weighted by molar-refractivity contribution is 5.25. The highest BCUT2D eigenvalue weighted by Gasteiger charge is 2.35. The van der Waals surface area contributed by atoms with Gasteiger partial charge in [-0.2, -0.15) is 0 Å². The molecule has 1 aromatic rings. The van der Waals surface area contributed by atoms with Crippen LogP contribution in [0.4, 0.5) is 0 Å². The van der Waals surface area contributed by atoms with E-state index in [0.29, 0.717) is 5.92 Å². The van der Waals surface area contributed by atoms with Gasteiger partial charge in [0.1, 0.15) is 0 Å². The van der Waals surface area contributed by atoms with E-state index >= 15 is 0 Å². The van der Waals surface area contributed by atoms with Crippen molar-refractivity contribution < 1.29 is 5.11 Å². The van der Waals surface area contributed by atoms with Crippen molar-refractivity contribution in [2.45, 2.75) is 57.5 Å². The van der Waals surface area contributed by atoms with Crippen LogP contribution in [0.15, 0.2) is 30.3 Å². The average molecular weight is 232 g/mol. The van der Waals surface area contributed by atoms with E-state index in [9.17, 15) is 5.11 Å². The fourth-order valence-corrected chi connectivity index (χ4v) is 3.08. The standard InChI is InChI=1S/C16H24O/c1-16(2,14-11-7-4-8-12-14)15(17)13-9-5-3-6-10-13/h4,7-8,11-13,15,17H,3,5-6,9-10H2,1-2H3. The number of rotatable bonds is 3. The molecule has 0 saturated heterocycles. The molecule has 0 aliphatic heterocycles. The molecule has 17 heavy (non-hydrogen) atoms. The number of aliphatic hydroxyl groups is 1. The first kappa shape index (κ1) is 12.6. The second kappa shape index (κ2) is 5.22. The summed E-state index contributed by atoms with van der Waals surface area (Å²) < 4.78 is 0. The molecular formula is C16H24O. The first-order chi connectivity index (χ1) is 8.12. The third-order valence-electron chi connectivity index (χ3n) is 4.35. The lowest BCUT2D eigenvalue weighted by Gasteiger charge is -2.38. The van der Waals surface area contributed by atoms with E-state index in [4.69, 9.17) is 0 Å². The van der Waals surface area contributed by atoms with Gasteiger partial charge in [0, 0.05) is 5.41 Å². The predicted molar refractivity (Wildman–Crippen MR) is 72.0 cm³/mol. The second-order valence-corrected chi connectivity index (χ2v) is 5.93. The Hall–Kier alpha value is -0.820. The molecule has 1 N–H and O–H groups in total. The summed E-state index contributed by atoms with van der Waals surface area (Å²) >= 11 is 0. The van der Waals surface area contributed by atoms with Crippen LogP contribution in [0.5, 0.6) is 0 Å². The van der Waals surface area contributed by atoms with Gasteiger partial charge in [-0.3, -0.25) is 0 Å². The highest BCUT2D eigenvalue weighted by Crippen LogP contribution is 2.37. The van der Waals surface area contributed by atoms with Gasteiger partial charge in [-0.05, 0) is 24.3 Å². The van der Waals surface area contributed by atoms with Crippen molar-refractivity contribution in [1.82, 2.24) is 0 Å². The maximum atomic E-state index is 10.7. The Bertz CT molecular complexity index is 336. The minimum atomic E-state index is -0.217. The molecule has 0 spiro atoms. The molecule has 1 heteroatoms. The summed E-state index contributed by atoms with van der Waals surface area (Å²) in [6.07, 6.45) is 6.08. The SMILES string of the molecule is CC(C)(c1ccccc1)C(O)C1CCCCC1. The molecule has 1 aliphatic rings. The van der Waals surface area contributed by atoms with Crippen LogP contribution in [-0.2, 0) is 5.41 Å². The van der Waals surface area contributed by atoms with Gasteiger partial charge >= 0.3 is 0 Å². The van der Waals surface area contributed by atoms with E-state index in [1.54, 1.807) is 0 Å². The van der Waals surface area contributed by atoms with Crippen LogP contribution in [0.3, 0.4) is 0 Å². The summed E-state index contributed by atoms with van der Waals surface area (Å²) in [5.41, 5.74) is 1.11. The third kappa shape index (κ3) is 2.71. The largest absolute Gasteiger partial charge is 0.392 e. The van der Waals surface area contributed by atoms with Crippen LogP contribution in [0.1, 0.15) is 51.5 Å². The van der Waals surface area contributed by atoms with E-state index in [0.717, 1.165) is 0 Å². The van der Waals surface area contributed by atoms with Crippen LogP contribution in [0.25, 0.3) is 0 Å². The van der Waals surface area contributed by atoms with E-state index in [1.165, 1.54) is 37.7 Å². The smallest absolute Gasteiger partial charge is 0.0659 e. The molecule has 1 aliphatic carbocycles. The van der Waals surface area contributed by atoms with Crippen molar-refractivity contribution >= 4 is 0 Å². The second-order valence-electron chi connectivity index (χ2n) is 5.93. The predicted octanol–water partition coefficient (Wildman–Crippen LogP) is 3.91. The molecule has 1 nitrogen and oxygen atoms in total. The van der Waals surface area contributed by atoms with Gasteiger partial charge in [0.05, 0.1) is 6.10 Å². The Balaban J connectivity index is 2.14. The van der Waals surface area contributed by atoms with Crippen molar-refractivity contribution in [2.75, 3.05) is 0 Å². The fraction of sp³-hybridized carbons (Fsp3) is 0.625. The summed E-state index contributed by atoms with van der Waals surface area (Å²) in [6.45, 7) is 4.34. The van der Waals surface area contributed by atoms with Gasteiger partial charge in [0.25, 0.3) is 0 Å². The zero-order valence-electron chi connectivity index (χ0n) is 11.0. The zero-order valence-corrected chi connectivity index (χ0v) is 11.0. The maximum absolute atomic E-state index is 10.7. The molecule has 2 rings (SSSR count). The monoisotopic (exact) mass is 232 g/mol. The minimum absolute atomic E-state index is 0.136. The molecule has 1 unspecified atom stereocenters. The summed E-state index contributed by atoms with van der Waals surface area (Å²) in [7, 11) is 0. The highest BCUT2D eigenvalue weighted by atomic mass is 16.3. The summed E-state index contributed by atoms with van der Waals surface area (Å²) in [5.74, 6) is 0.485. The van der Waals surface area contributed by atoms with Gasteiger partial charge in [-0.1, -0.05) is 63.4 Å². The summed E-state index contributed by atoms with van der Waals surface area (Å²) in [4.78, 5) is 0. The van der Waals surface area contributed by atoms with Crippen LogP contribution < -0.4 is 0 Å². The molecule has 94 valence electrons. The topological polar surface area (TPSA) is 20.2 Å². The van der Waals surface area contributed by atoms with Gasteiger partial charge in [-0.25, -0.2) is 0 Å². The normalized spacial score (nSPS) is 20.2. The number of hydrogen-bond donors (Lipinski definition) is 1. The lowest BCUT2D eigenvalue weighted by molar-refractivity contribution is 0.0269. The molecule has 1 aromatic carbocycles. The molecular weight excluding hydrogens is 208 g/mol. The van der Waals surface area contributed by atoms with E-state index in [-0.39, 0.29) is 11.5 Å². The van der Waals surface area contributed by atoms with Crippen molar-refractivity contribution in [1.29, 1.82) is 0 Å². The van der Waals surface area contributed by atoms with Gasteiger partial charge < -0.3 is 5.11 Å². The van der Waals surface area contributed by atoms with E-state index in [2.05, 4.69) is 38.1 Å². The third-order valence-corrected chi connectivity index (χ3v) is 4.35. The lowest BCUT2D eigenvalue weighted by atomic mass is 9.70. The Kier molecular flexibility index (Phi) is 3.88. The van der Waals surface area contributed by atoms with Crippen LogP contribution in [-0.4, -0.2) is 11.2 Å². The zero-order chi connectivity index (χ0) is 12.3. The Morgan fingerprint density at radius 2 is 1.65 bits per heavy atom. The minimum Gasteiger partial charge on any atom is -0.392 e. The number of aliphatic hydroxyl groups excluding tert-OH is 1. The molecule has 0 heterocycles. The molecule has 0 aromatic heterocycles. The quantitative estimate of drug-likeness (QED) is 0.838. The number of hydrogen-bond acceptors (Lipinski definition) is 1. The van der Waals surface area contributed by atoms with E-state index in [1.807, 2.05) is 6.07 Å². The van der Waals surface area contributed by atoms with Gasteiger partial charge in [-0.15, -0.1) is 0 Å². The molecule has 1 fully saturated rings. The molecule has 0 amide bonds. The fourth-order valence-electron chi connectivity index (χ4n) is 3.08. The van der Waals surface area contributed by atoms with Crippen LogP contribution in [0, 0.1) is 5.92 Å². The van der Waals surface area contributed by atoms with Crippen LogP contribution >= 0.6 is 0 Å². The Labute approximate surface area is 105 Å². The summed E-state index contributed by atoms with van der Waals surface area (Å²) in [5, 5.41) is 10.7. The molecule has 1 atom stereocenters. The van der Waals surface area contributed by atoms with Gasteiger partial charge in [0.15, 0.2) is 0 Å². The first-order valence-corrected chi connectivity index (χ1v) is 6.86. The first-order valence-electron chi connectivity index (χ1n) is 6.86. The van der Waals surface area contributed by atoms with Crippen molar-refractivity contribution in [2.24, 2.45) is 5.92 Å². The van der Waals surface area contributed by atoms with Crippen LogP contribution in [0.2, 0.25) is 0 Å².